The summed E-state index contributed by atoms with van der Waals surface area (Å²) in [5.74, 6) is 3.14. The zero-order valence-electron chi connectivity index (χ0n) is 10.8. The van der Waals surface area contributed by atoms with Crippen LogP contribution in [-0.2, 0) is 11.6 Å². The standard InChI is InChI=1S/C12H16ClNSi.O2S/c1-9-7-10(5-6-15(2,3)4)12(14)11(13)8-9;1-3-2/h7-8H,14H2,1-4H3;. The van der Waals surface area contributed by atoms with Crippen LogP contribution in [0.15, 0.2) is 12.1 Å². The van der Waals surface area contributed by atoms with Crippen molar-refractivity contribution in [2.24, 2.45) is 0 Å². The molecular weight excluding hydrogens is 286 g/mol. The van der Waals surface area contributed by atoms with Gasteiger partial charge in [-0.1, -0.05) is 37.2 Å². The van der Waals surface area contributed by atoms with Gasteiger partial charge in [0, 0.05) is 5.56 Å². The predicted molar refractivity (Wildman–Crippen MR) is 79.7 cm³/mol. The molecule has 0 radical (unpaired) electrons. The van der Waals surface area contributed by atoms with Gasteiger partial charge >= 0.3 is 11.6 Å². The van der Waals surface area contributed by atoms with Crippen LogP contribution in [0.4, 0.5) is 5.69 Å². The fraction of sp³-hybridized carbons (Fsp3) is 0.333. The fourth-order valence-electron chi connectivity index (χ4n) is 1.11. The fourth-order valence-corrected chi connectivity index (χ4v) is 1.90. The van der Waals surface area contributed by atoms with Crippen LogP contribution >= 0.6 is 11.6 Å². The molecule has 98 valence electrons. The van der Waals surface area contributed by atoms with E-state index in [1.165, 1.54) is 0 Å². The van der Waals surface area contributed by atoms with E-state index in [0.717, 1.165) is 11.1 Å². The summed E-state index contributed by atoms with van der Waals surface area (Å²) in [6.45, 7) is 8.60. The molecule has 0 fully saturated rings. The molecule has 0 heterocycles. The number of nitrogens with two attached hydrogens (primary N) is 1. The summed E-state index contributed by atoms with van der Waals surface area (Å²) in [7, 11) is -1.36. The van der Waals surface area contributed by atoms with Crippen LogP contribution in [0.3, 0.4) is 0 Å². The average molecular weight is 302 g/mol. The molecule has 0 atom stereocenters. The number of aryl methyl sites for hydroxylation is 1. The summed E-state index contributed by atoms with van der Waals surface area (Å²) in [6, 6.07) is 3.84. The molecule has 0 aliphatic heterocycles. The quantitative estimate of drug-likeness (QED) is 0.455. The van der Waals surface area contributed by atoms with Crippen molar-refractivity contribution in [2.75, 3.05) is 5.73 Å². The van der Waals surface area contributed by atoms with Gasteiger partial charge in [0.25, 0.3) is 0 Å². The Kier molecular flexibility index (Phi) is 6.92. The van der Waals surface area contributed by atoms with Crippen LogP contribution in [0.2, 0.25) is 24.7 Å². The lowest BCUT2D eigenvalue weighted by Crippen LogP contribution is -2.16. The normalized spacial score (nSPS) is 9.61. The van der Waals surface area contributed by atoms with E-state index in [4.69, 9.17) is 25.8 Å². The third kappa shape index (κ3) is 6.60. The Balaban J connectivity index is 0.000000873. The largest absolute Gasteiger partial charge is 0.397 e. The van der Waals surface area contributed by atoms with Crippen molar-refractivity contribution in [3.63, 3.8) is 0 Å². The first-order chi connectivity index (χ1) is 8.21. The summed E-state index contributed by atoms with van der Waals surface area (Å²) >= 11 is 5.24. The molecule has 3 nitrogen and oxygen atoms in total. The number of halogens is 1. The third-order valence-corrected chi connectivity index (χ3v) is 3.03. The minimum absolute atomic E-state index is 0.591. The first-order valence-electron chi connectivity index (χ1n) is 5.22. The number of rotatable bonds is 0. The van der Waals surface area contributed by atoms with E-state index >= 15 is 0 Å². The van der Waals surface area contributed by atoms with Crippen molar-refractivity contribution in [3.8, 4) is 11.5 Å². The maximum absolute atomic E-state index is 8.29. The molecule has 0 spiro atoms. The van der Waals surface area contributed by atoms with E-state index in [-0.39, 0.29) is 0 Å². The lowest BCUT2D eigenvalue weighted by molar-refractivity contribution is 0.630. The summed E-state index contributed by atoms with van der Waals surface area (Å²) in [4.78, 5) is 0. The molecule has 0 saturated heterocycles. The number of benzene rings is 1. The van der Waals surface area contributed by atoms with Crippen molar-refractivity contribution in [3.05, 3.63) is 28.3 Å². The molecule has 6 heteroatoms. The lowest BCUT2D eigenvalue weighted by atomic mass is 10.1. The van der Waals surface area contributed by atoms with Crippen LogP contribution in [0.5, 0.6) is 0 Å². The van der Waals surface area contributed by atoms with Gasteiger partial charge in [-0.3, -0.25) is 0 Å². The molecule has 18 heavy (non-hydrogen) atoms. The van der Waals surface area contributed by atoms with Crippen LogP contribution in [-0.4, -0.2) is 16.5 Å². The van der Waals surface area contributed by atoms with Gasteiger partial charge in [-0.25, -0.2) is 0 Å². The number of hydrogen-bond donors (Lipinski definition) is 1. The van der Waals surface area contributed by atoms with Crippen molar-refractivity contribution in [1.82, 2.24) is 0 Å². The summed E-state index contributed by atoms with van der Waals surface area (Å²) in [5, 5.41) is 0.592. The second-order valence-electron chi connectivity index (χ2n) is 4.78. The Morgan fingerprint density at radius 3 is 2.22 bits per heavy atom. The van der Waals surface area contributed by atoms with Crippen LogP contribution in [0.1, 0.15) is 11.1 Å². The molecule has 0 aliphatic carbocycles. The van der Waals surface area contributed by atoms with E-state index in [0.29, 0.717) is 10.7 Å². The maximum atomic E-state index is 8.29. The van der Waals surface area contributed by atoms with Gasteiger partial charge in [0.1, 0.15) is 8.07 Å². The smallest absolute Gasteiger partial charge is 0.335 e. The minimum atomic E-state index is -1.36. The van der Waals surface area contributed by atoms with Crippen LogP contribution < -0.4 is 5.73 Å². The van der Waals surface area contributed by atoms with Gasteiger partial charge in [-0.05, 0) is 24.6 Å². The van der Waals surface area contributed by atoms with E-state index in [1.807, 2.05) is 19.1 Å². The minimum Gasteiger partial charge on any atom is -0.397 e. The average Bonchev–Trinajstić information content (AvgIpc) is 2.21. The van der Waals surface area contributed by atoms with Crippen molar-refractivity contribution in [2.45, 2.75) is 26.6 Å². The summed E-state index contributed by atoms with van der Waals surface area (Å²) in [5.41, 5.74) is 11.7. The van der Waals surface area contributed by atoms with E-state index in [9.17, 15) is 0 Å². The van der Waals surface area contributed by atoms with Gasteiger partial charge in [-0.2, -0.15) is 8.42 Å². The van der Waals surface area contributed by atoms with Crippen molar-refractivity contribution >= 4 is 36.9 Å². The highest BCUT2D eigenvalue weighted by molar-refractivity contribution is 7.51. The Bertz CT molecular complexity index is 523. The van der Waals surface area contributed by atoms with E-state index < -0.39 is 19.6 Å². The Labute approximate surface area is 117 Å². The molecule has 0 aromatic heterocycles. The highest BCUT2D eigenvalue weighted by atomic mass is 35.5. The summed E-state index contributed by atoms with van der Waals surface area (Å²) in [6.07, 6.45) is 0. The SMILES string of the molecule is Cc1cc(Cl)c(N)c(C#C[Si](C)(C)C)c1.O=S=O. The van der Waals surface area contributed by atoms with Crippen LogP contribution in [0, 0.1) is 18.4 Å². The van der Waals surface area contributed by atoms with Gasteiger partial charge in [0.15, 0.2) is 0 Å². The van der Waals surface area contributed by atoms with E-state index in [2.05, 4.69) is 31.1 Å². The van der Waals surface area contributed by atoms with Crippen molar-refractivity contribution in [1.29, 1.82) is 0 Å². The topological polar surface area (TPSA) is 60.2 Å². The Morgan fingerprint density at radius 1 is 1.28 bits per heavy atom. The zero-order chi connectivity index (χ0) is 14.3. The molecular formula is C12H16ClNO2SSi. The number of nitrogen functional groups attached to an aromatic ring is 1. The van der Waals surface area contributed by atoms with Crippen LogP contribution in [0.25, 0.3) is 0 Å². The second-order valence-corrected chi connectivity index (χ2v) is 10.1. The third-order valence-electron chi connectivity index (χ3n) is 1.85. The van der Waals surface area contributed by atoms with Gasteiger partial charge in [-0.15, -0.1) is 5.54 Å². The first kappa shape index (κ1) is 16.9. The molecule has 0 saturated carbocycles. The first-order valence-corrected chi connectivity index (χ1v) is 9.76. The van der Waals surface area contributed by atoms with E-state index in [1.54, 1.807) is 0 Å². The monoisotopic (exact) mass is 301 g/mol. The molecule has 0 aliphatic rings. The molecule has 0 bridgehead atoms. The zero-order valence-corrected chi connectivity index (χ0v) is 13.4. The maximum Gasteiger partial charge on any atom is 0.335 e. The van der Waals surface area contributed by atoms with Gasteiger partial charge in [0.2, 0.25) is 0 Å². The lowest BCUT2D eigenvalue weighted by Gasteiger charge is -2.06. The Hall–Kier alpha value is -1.09. The molecule has 1 rings (SSSR count). The molecule has 1 aromatic rings. The highest BCUT2D eigenvalue weighted by Crippen LogP contribution is 2.24. The molecule has 1 aromatic carbocycles. The summed E-state index contributed by atoms with van der Waals surface area (Å²) < 4.78 is 16.6. The van der Waals surface area contributed by atoms with Gasteiger partial charge in [0.05, 0.1) is 10.7 Å². The molecule has 0 amide bonds. The molecule has 0 unspecified atom stereocenters. The van der Waals surface area contributed by atoms with Gasteiger partial charge < -0.3 is 5.73 Å². The van der Waals surface area contributed by atoms with Crippen molar-refractivity contribution < 1.29 is 8.42 Å². The number of anilines is 1. The second kappa shape index (κ2) is 7.37. The molecule has 2 N–H and O–H groups in total. The Morgan fingerprint density at radius 2 is 1.78 bits per heavy atom. The highest BCUT2D eigenvalue weighted by Gasteiger charge is 2.08. The predicted octanol–water partition coefficient (Wildman–Crippen LogP) is 2.79. The number of hydrogen-bond acceptors (Lipinski definition) is 3.